The molecule has 9 heteroatoms. The van der Waals surface area contributed by atoms with Crippen LogP contribution < -0.4 is 0 Å². The van der Waals surface area contributed by atoms with Crippen LogP contribution in [0.3, 0.4) is 0 Å². The molecule has 5 rings (SSSR count). The van der Waals surface area contributed by atoms with Crippen LogP contribution in [-0.2, 0) is 11.6 Å². The third kappa shape index (κ3) is 4.21. The zero-order chi connectivity index (χ0) is 21.5. The topological polar surface area (TPSA) is 55.1 Å². The van der Waals surface area contributed by atoms with Crippen molar-refractivity contribution in [1.29, 1.82) is 0 Å². The van der Waals surface area contributed by atoms with Crippen LogP contribution in [0.2, 0.25) is 0 Å². The minimum atomic E-state index is -4.28. The van der Waals surface area contributed by atoms with Crippen molar-refractivity contribution in [2.24, 2.45) is 5.92 Å². The van der Waals surface area contributed by atoms with Gasteiger partial charge in [-0.3, -0.25) is 4.98 Å². The summed E-state index contributed by atoms with van der Waals surface area (Å²) in [4.78, 5) is 6.62. The number of hydrogen-bond acceptors (Lipinski definition) is 6. The molecule has 1 saturated heterocycles. The minimum Gasteiger partial charge on any atom is -0.410 e. The molecule has 3 aromatic rings. The van der Waals surface area contributed by atoms with Gasteiger partial charge in [0.2, 0.25) is 0 Å². The Balaban J connectivity index is 1.10. The van der Waals surface area contributed by atoms with Crippen LogP contribution in [0.5, 0.6) is 0 Å². The first kappa shape index (κ1) is 20.5. The molecule has 5 nitrogen and oxygen atoms in total. The van der Waals surface area contributed by atoms with E-state index in [-0.39, 0.29) is 5.41 Å². The highest BCUT2D eigenvalue weighted by Gasteiger charge is 2.60. The molecule has 2 atom stereocenters. The van der Waals surface area contributed by atoms with Crippen molar-refractivity contribution in [3.05, 3.63) is 59.8 Å². The molecule has 2 fully saturated rings. The van der Waals surface area contributed by atoms with Gasteiger partial charge in [-0.2, -0.15) is 13.2 Å². The Morgan fingerprint density at radius 2 is 1.97 bits per heavy atom. The lowest BCUT2D eigenvalue weighted by atomic mass is 9.94. The zero-order valence-corrected chi connectivity index (χ0v) is 17.5. The van der Waals surface area contributed by atoms with E-state index in [1.807, 2.05) is 18.2 Å². The van der Waals surface area contributed by atoms with Crippen molar-refractivity contribution in [1.82, 2.24) is 20.1 Å². The third-order valence-corrected chi connectivity index (χ3v) is 7.04. The number of pyridine rings is 1. The zero-order valence-electron chi connectivity index (χ0n) is 16.7. The molecule has 1 aromatic carbocycles. The lowest BCUT2D eigenvalue weighted by molar-refractivity contribution is -0.137. The first-order valence-electron chi connectivity index (χ1n) is 10.2. The number of thioether (sulfide) groups is 1. The molecule has 1 aliphatic carbocycles. The largest absolute Gasteiger partial charge is 0.416 e. The Bertz CT molecular complexity index is 1040. The minimum absolute atomic E-state index is 0.0430. The van der Waals surface area contributed by atoms with Gasteiger partial charge in [0.25, 0.3) is 11.1 Å². The molecule has 0 radical (unpaired) electrons. The fraction of sp³-hybridized carbons (Fsp3) is 0.409. The van der Waals surface area contributed by atoms with E-state index < -0.39 is 11.7 Å². The average molecular weight is 446 g/mol. The van der Waals surface area contributed by atoms with E-state index in [0.717, 1.165) is 43.8 Å². The Kier molecular flexibility index (Phi) is 5.26. The summed E-state index contributed by atoms with van der Waals surface area (Å²) < 4.78 is 44.1. The molecule has 3 heterocycles. The van der Waals surface area contributed by atoms with Gasteiger partial charge in [0.1, 0.15) is 5.69 Å². The molecule has 162 valence electrons. The second-order valence-electron chi connectivity index (χ2n) is 8.16. The predicted octanol–water partition coefficient (Wildman–Crippen LogP) is 4.91. The highest BCUT2D eigenvalue weighted by molar-refractivity contribution is 7.99. The molecular weight excluding hydrogens is 425 g/mol. The fourth-order valence-corrected chi connectivity index (χ4v) is 5.19. The van der Waals surface area contributed by atoms with Gasteiger partial charge in [0.05, 0.1) is 5.56 Å². The molecule has 31 heavy (non-hydrogen) atoms. The number of likely N-dealkylation sites (tertiary alicyclic amines) is 1. The molecule has 0 N–H and O–H groups in total. The molecule has 2 aliphatic rings. The van der Waals surface area contributed by atoms with E-state index in [1.54, 1.807) is 18.3 Å². The summed E-state index contributed by atoms with van der Waals surface area (Å²) in [5.74, 6) is 1.83. The number of rotatable bonds is 7. The maximum absolute atomic E-state index is 12.8. The Hall–Kier alpha value is -2.39. The standard InChI is InChI=1S/C22H21F3N4OS/c23-22(24,25)16-7-5-15(6-8-16)21-12-17(21)13-29(14-21)10-3-11-31-20-28-27-19(30-20)18-4-1-2-9-26-18/h1-2,4-9,17H,3,10-14H2/t17-,21+/m0/s1. The first-order valence-corrected chi connectivity index (χ1v) is 11.2. The van der Waals surface area contributed by atoms with Crippen LogP contribution in [0.25, 0.3) is 11.6 Å². The third-order valence-electron chi connectivity index (χ3n) is 6.14. The van der Waals surface area contributed by atoms with Crippen LogP contribution in [0.4, 0.5) is 13.2 Å². The van der Waals surface area contributed by atoms with Crippen molar-refractivity contribution in [3.8, 4) is 11.6 Å². The number of fused-ring (bicyclic) bond motifs is 1. The highest BCUT2D eigenvalue weighted by atomic mass is 32.2. The van der Waals surface area contributed by atoms with Gasteiger partial charge in [0.15, 0.2) is 0 Å². The first-order chi connectivity index (χ1) is 14.9. The summed E-state index contributed by atoms with van der Waals surface area (Å²) in [7, 11) is 0. The average Bonchev–Trinajstić information content (AvgIpc) is 3.11. The lowest BCUT2D eigenvalue weighted by Gasteiger charge is -2.21. The molecule has 1 aliphatic heterocycles. The van der Waals surface area contributed by atoms with Crippen molar-refractivity contribution in [2.45, 2.75) is 29.7 Å². The molecule has 0 unspecified atom stereocenters. The van der Waals surface area contributed by atoms with Crippen LogP contribution in [0, 0.1) is 5.92 Å². The van der Waals surface area contributed by atoms with Crippen LogP contribution >= 0.6 is 11.8 Å². The summed E-state index contributed by atoms with van der Waals surface area (Å²) in [6, 6.07) is 11.3. The van der Waals surface area contributed by atoms with Crippen molar-refractivity contribution in [3.63, 3.8) is 0 Å². The van der Waals surface area contributed by atoms with Gasteiger partial charge in [-0.1, -0.05) is 30.0 Å². The van der Waals surface area contributed by atoms with E-state index in [1.165, 1.54) is 23.9 Å². The highest BCUT2D eigenvalue weighted by Crippen LogP contribution is 2.59. The van der Waals surface area contributed by atoms with E-state index in [0.29, 0.717) is 22.7 Å². The number of nitrogens with zero attached hydrogens (tertiary/aromatic N) is 4. The van der Waals surface area contributed by atoms with E-state index in [2.05, 4.69) is 20.1 Å². The van der Waals surface area contributed by atoms with Crippen LogP contribution in [-0.4, -0.2) is 45.5 Å². The normalized spacial score (nSPS) is 23.1. The van der Waals surface area contributed by atoms with Crippen molar-refractivity contribution in [2.75, 3.05) is 25.4 Å². The number of piperidine rings is 1. The molecule has 0 bridgehead atoms. The molecular formula is C22H21F3N4OS. The molecule has 1 saturated carbocycles. The Labute approximate surface area is 182 Å². The van der Waals surface area contributed by atoms with Gasteiger partial charge in [-0.05, 0) is 55.1 Å². The van der Waals surface area contributed by atoms with Crippen LogP contribution in [0.1, 0.15) is 24.0 Å². The SMILES string of the molecule is FC(F)(F)c1ccc([C@]23C[C@H]2CN(CCCSc2nnc(-c4ccccn4)o2)C3)cc1. The Morgan fingerprint density at radius 3 is 2.71 bits per heavy atom. The maximum atomic E-state index is 12.8. The second-order valence-corrected chi connectivity index (χ2v) is 9.20. The maximum Gasteiger partial charge on any atom is 0.416 e. The number of halogens is 3. The number of benzene rings is 1. The second kappa shape index (κ2) is 7.94. The van der Waals surface area contributed by atoms with Gasteiger partial charge >= 0.3 is 6.18 Å². The van der Waals surface area contributed by atoms with Gasteiger partial charge in [-0.25, -0.2) is 0 Å². The van der Waals surface area contributed by atoms with Gasteiger partial charge in [-0.15, -0.1) is 10.2 Å². The quantitative estimate of drug-likeness (QED) is 0.380. The van der Waals surface area contributed by atoms with E-state index >= 15 is 0 Å². The molecule has 0 spiro atoms. The van der Waals surface area contributed by atoms with E-state index in [9.17, 15) is 13.2 Å². The number of alkyl halides is 3. The fourth-order valence-electron chi connectivity index (χ4n) is 4.50. The monoisotopic (exact) mass is 446 g/mol. The van der Waals surface area contributed by atoms with Crippen molar-refractivity contribution < 1.29 is 17.6 Å². The van der Waals surface area contributed by atoms with Crippen LogP contribution in [0.15, 0.2) is 58.3 Å². The summed E-state index contributed by atoms with van der Waals surface area (Å²) >= 11 is 1.53. The lowest BCUT2D eigenvalue weighted by Crippen LogP contribution is -2.28. The van der Waals surface area contributed by atoms with E-state index in [4.69, 9.17) is 4.42 Å². The molecule has 0 amide bonds. The van der Waals surface area contributed by atoms with Crippen molar-refractivity contribution >= 4 is 11.8 Å². The Morgan fingerprint density at radius 1 is 1.13 bits per heavy atom. The number of hydrogen-bond donors (Lipinski definition) is 0. The summed E-state index contributed by atoms with van der Waals surface area (Å²) in [5.41, 5.74) is 1.16. The predicted molar refractivity (Wildman–Crippen MR) is 111 cm³/mol. The smallest absolute Gasteiger partial charge is 0.410 e. The summed E-state index contributed by atoms with van der Waals surface area (Å²) in [5, 5.41) is 8.64. The molecule has 2 aromatic heterocycles. The van der Waals surface area contributed by atoms with Gasteiger partial charge < -0.3 is 9.32 Å². The number of aromatic nitrogens is 3. The summed E-state index contributed by atoms with van der Waals surface area (Å²) in [6.07, 6.45) is -0.552. The summed E-state index contributed by atoms with van der Waals surface area (Å²) in [6.45, 7) is 2.88. The van der Waals surface area contributed by atoms with Gasteiger partial charge in [0, 0.05) is 30.5 Å².